The average Bonchev–Trinajstić information content (AvgIpc) is 2.67. The SMILES string of the molecule is Cc1cc(C)c(S(=O)(=O)N2CCC(C(=O)Nc3ccc(C(N)=O)cc3)CC2)c(C)c1. The first-order valence-corrected chi connectivity index (χ1v) is 11.3. The molecule has 30 heavy (non-hydrogen) atoms. The summed E-state index contributed by atoms with van der Waals surface area (Å²) in [5.74, 6) is -0.949. The second kappa shape index (κ2) is 8.57. The normalized spacial score (nSPS) is 15.7. The zero-order valence-corrected chi connectivity index (χ0v) is 18.3. The Balaban J connectivity index is 1.65. The first-order valence-electron chi connectivity index (χ1n) is 9.88. The van der Waals surface area contributed by atoms with Gasteiger partial charge in [-0.2, -0.15) is 4.31 Å². The van der Waals surface area contributed by atoms with E-state index in [2.05, 4.69) is 5.32 Å². The summed E-state index contributed by atoms with van der Waals surface area (Å²) in [4.78, 5) is 24.1. The summed E-state index contributed by atoms with van der Waals surface area (Å²) in [6.45, 7) is 6.18. The van der Waals surface area contributed by atoms with Gasteiger partial charge in [0.15, 0.2) is 0 Å². The minimum absolute atomic E-state index is 0.151. The van der Waals surface area contributed by atoms with Gasteiger partial charge in [-0.25, -0.2) is 8.42 Å². The number of hydrogen-bond acceptors (Lipinski definition) is 4. The molecule has 0 atom stereocenters. The zero-order chi connectivity index (χ0) is 22.1. The number of amides is 2. The van der Waals surface area contributed by atoms with Gasteiger partial charge in [0.05, 0.1) is 4.90 Å². The topological polar surface area (TPSA) is 110 Å². The predicted octanol–water partition coefficient (Wildman–Crippen LogP) is 2.75. The van der Waals surface area contributed by atoms with Gasteiger partial charge in [0.25, 0.3) is 0 Å². The molecule has 0 unspecified atom stereocenters. The maximum Gasteiger partial charge on any atom is 0.248 e. The number of carbonyl (C=O) groups is 2. The third-order valence-corrected chi connectivity index (χ3v) is 7.67. The van der Waals surface area contributed by atoms with E-state index in [9.17, 15) is 18.0 Å². The fourth-order valence-electron chi connectivity index (χ4n) is 4.02. The number of anilines is 1. The molecule has 0 radical (unpaired) electrons. The van der Waals surface area contributed by atoms with Gasteiger partial charge >= 0.3 is 0 Å². The highest BCUT2D eigenvalue weighted by atomic mass is 32.2. The molecule has 0 aliphatic carbocycles. The molecule has 0 aromatic heterocycles. The van der Waals surface area contributed by atoms with E-state index in [1.54, 1.807) is 24.3 Å². The summed E-state index contributed by atoms with van der Waals surface area (Å²) >= 11 is 0. The molecule has 0 bridgehead atoms. The van der Waals surface area contributed by atoms with Gasteiger partial charge < -0.3 is 11.1 Å². The maximum atomic E-state index is 13.2. The fraction of sp³-hybridized carbons (Fsp3) is 0.364. The number of primary amides is 1. The first kappa shape index (κ1) is 22.0. The molecule has 2 aromatic rings. The summed E-state index contributed by atoms with van der Waals surface area (Å²) in [7, 11) is -3.60. The van der Waals surface area contributed by atoms with E-state index in [1.165, 1.54) is 4.31 Å². The van der Waals surface area contributed by atoms with E-state index in [0.29, 0.717) is 42.1 Å². The van der Waals surface area contributed by atoms with Crippen molar-refractivity contribution in [1.29, 1.82) is 0 Å². The van der Waals surface area contributed by atoms with E-state index in [-0.39, 0.29) is 11.8 Å². The van der Waals surface area contributed by atoms with Crippen LogP contribution in [0.1, 0.15) is 39.9 Å². The number of carbonyl (C=O) groups excluding carboxylic acids is 2. The van der Waals surface area contributed by atoms with Crippen LogP contribution in [-0.2, 0) is 14.8 Å². The molecule has 1 aliphatic rings. The van der Waals surface area contributed by atoms with E-state index in [0.717, 1.165) is 16.7 Å². The molecule has 160 valence electrons. The third kappa shape index (κ3) is 4.55. The molecule has 0 spiro atoms. The van der Waals surface area contributed by atoms with E-state index in [1.807, 2.05) is 32.9 Å². The molecule has 3 N–H and O–H groups in total. The van der Waals surface area contributed by atoms with Crippen LogP contribution in [0.5, 0.6) is 0 Å². The number of piperidine rings is 1. The van der Waals surface area contributed by atoms with E-state index < -0.39 is 15.9 Å². The van der Waals surface area contributed by atoms with Crippen molar-refractivity contribution in [2.45, 2.75) is 38.5 Å². The highest BCUT2D eigenvalue weighted by Gasteiger charge is 2.33. The Labute approximate surface area is 177 Å². The van der Waals surface area contributed by atoms with Crippen LogP contribution in [0.3, 0.4) is 0 Å². The highest BCUT2D eigenvalue weighted by molar-refractivity contribution is 7.89. The average molecular weight is 430 g/mol. The molecule has 8 heteroatoms. The minimum atomic E-state index is -3.60. The Bertz CT molecular complexity index is 1050. The lowest BCUT2D eigenvalue weighted by Crippen LogP contribution is -2.41. The Kier molecular flexibility index (Phi) is 6.28. The second-order valence-electron chi connectivity index (χ2n) is 7.84. The van der Waals surface area contributed by atoms with Crippen molar-refractivity contribution in [1.82, 2.24) is 4.31 Å². The molecule has 2 amide bonds. The molecule has 1 aliphatic heterocycles. The van der Waals surface area contributed by atoms with Gasteiger partial charge in [0.2, 0.25) is 21.8 Å². The number of nitrogens with one attached hydrogen (secondary N) is 1. The first-order chi connectivity index (χ1) is 14.1. The van der Waals surface area contributed by atoms with Crippen molar-refractivity contribution >= 4 is 27.5 Å². The lowest BCUT2D eigenvalue weighted by Gasteiger charge is -2.31. The molecule has 7 nitrogen and oxygen atoms in total. The molecule has 3 rings (SSSR count). The summed E-state index contributed by atoms with van der Waals surface area (Å²) in [5.41, 5.74) is 8.68. The van der Waals surface area contributed by atoms with Gasteiger partial charge in [-0.05, 0) is 69.0 Å². The minimum Gasteiger partial charge on any atom is -0.366 e. The smallest absolute Gasteiger partial charge is 0.248 e. The third-order valence-electron chi connectivity index (χ3n) is 5.46. The van der Waals surface area contributed by atoms with Crippen LogP contribution in [0.25, 0.3) is 0 Å². The standard InChI is InChI=1S/C22H27N3O4S/c1-14-12-15(2)20(16(3)13-14)30(28,29)25-10-8-18(9-11-25)22(27)24-19-6-4-17(5-7-19)21(23)26/h4-7,12-13,18H,8-11H2,1-3H3,(H2,23,26)(H,24,27). The van der Waals surface area contributed by atoms with Crippen LogP contribution < -0.4 is 11.1 Å². The van der Waals surface area contributed by atoms with Crippen LogP contribution in [-0.4, -0.2) is 37.6 Å². The quantitative estimate of drug-likeness (QED) is 0.761. The van der Waals surface area contributed by atoms with Crippen LogP contribution >= 0.6 is 0 Å². The number of hydrogen-bond donors (Lipinski definition) is 2. The maximum absolute atomic E-state index is 13.2. The monoisotopic (exact) mass is 429 g/mol. The summed E-state index contributed by atoms with van der Waals surface area (Å²) < 4.78 is 27.8. The van der Waals surface area contributed by atoms with Crippen LogP contribution in [0.2, 0.25) is 0 Å². The number of aryl methyl sites for hydroxylation is 3. The van der Waals surface area contributed by atoms with Crippen molar-refractivity contribution in [2.24, 2.45) is 11.7 Å². The van der Waals surface area contributed by atoms with Crippen molar-refractivity contribution in [2.75, 3.05) is 18.4 Å². The highest BCUT2D eigenvalue weighted by Crippen LogP contribution is 2.29. The molecule has 0 saturated carbocycles. The Morgan fingerprint density at radius 3 is 2.03 bits per heavy atom. The summed E-state index contributed by atoms with van der Waals surface area (Å²) in [5, 5.41) is 2.83. The van der Waals surface area contributed by atoms with Gasteiger partial charge in [-0.1, -0.05) is 17.7 Å². The number of nitrogens with two attached hydrogens (primary N) is 1. The number of benzene rings is 2. The van der Waals surface area contributed by atoms with E-state index >= 15 is 0 Å². The van der Waals surface area contributed by atoms with Crippen LogP contribution in [0, 0.1) is 26.7 Å². The summed E-state index contributed by atoms with van der Waals surface area (Å²) in [6.07, 6.45) is 0.906. The lowest BCUT2D eigenvalue weighted by molar-refractivity contribution is -0.120. The fourth-order valence-corrected chi connectivity index (χ4v) is 5.90. The number of sulfonamides is 1. The molecule has 1 heterocycles. The molecule has 2 aromatic carbocycles. The number of nitrogens with zero attached hydrogens (tertiary/aromatic N) is 1. The van der Waals surface area contributed by atoms with Gasteiger partial charge in [0.1, 0.15) is 0 Å². The van der Waals surface area contributed by atoms with Crippen molar-refractivity contribution in [3.63, 3.8) is 0 Å². The van der Waals surface area contributed by atoms with E-state index in [4.69, 9.17) is 5.73 Å². The van der Waals surface area contributed by atoms with Gasteiger partial charge in [-0.15, -0.1) is 0 Å². The second-order valence-corrected chi connectivity index (χ2v) is 9.71. The molecular weight excluding hydrogens is 402 g/mol. The molecular formula is C22H27N3O4S. The molecule has 1 fully saturated rings. The van der Waals surface area contributed by atoms with Gasteiger partial charge in [-0.3, -0.25) is 9.59 Å². The van der Waals surface area contributed by atoms with Crippen LogP contribution in [0.4, 0.5) is 5.69 Å². The largest absolute Gasteiger partial charge is 0.366 e. The lowest BCUT2D eigenvalue weighted by atomic mass is 9.97. The number of rotatable bonds is 5. The summed E-state index contributed by atoms with van der Waals surface area (Å²) in [6, 6.07) is 10.1. The zero-order valence-electron chi connectivity index (χ0n) is 17.4. The van der Waals surface area contributed by atoms with Crippen molar-refractivity contribution in [3.05, 3.63) is 58.7 Å². The van der Waals surface area contributed by atoms with Crippen LogP contribution in [0.15, 0.2) is 41.3 Å². The Hall–Kier alpha value is -2.71. The molecule has 1 saturated heterocycles. The van der Waals surface area contributed by atoms with Crippen molar-refractivity contribution in [3.8, 4) is 0 Å². The van der Waals surface area contributed by atoms with Gasteiger partial charge in [0, 0.05) is 30.3 Å². The Morgan fingerprint density at radius 2 is 1.53 bits per heavy atom. The van der Waals surface area contributed by atoms with Crippen molar-refractivity contribution < 1.29 is 18.0 Å². The predicted molar refractivity (Wildman–Crippen MR) is 116 cm³/mol. The Morgan fingerprint density at radius 1 is 1.00 bits per heavy atom.